The molecule has 2 heterocycles. The Morgan fingerprint density at radius 1 is 1.16 bits per heavy atom. The minimum atomic E-state index is -0.323. The summed E-state index contributed by atoms with van der Waals surface area (Å²) in [5.74, 6) is 0.617. The molecule has 9 heteroatoms. The average Bonchev–Trinajstić information content (AvgIpc) is 3.15. The van der Waals surface area contributed by atoms with Crippen molar-refractivity contribution in [1.82, 2.24) is 15.0 Å². The predicted molar refractivity (Wildman–Crippen MR) is 118 cm³/mol. The van der Waals surface area contributed by atoms with Crippen molar-refractivity contribution in [2.24, 2.45) is 0 Å². The molecule has 3 rings (SSSR count). The number of ether oxygens (including phenoxy) is 1. The lowest BCUT2D eigenvalue weighted by Gasteiger charge is -2.28. The molecule has 0 unspecified atom stereocenters. The van der Waals surface area contributed by atoms with E-state index in [1.54, 1.807) is 13.0 Å². The first-order valence-electron chi connectivity index (χ1n) is 10.6. The number of nitrogens with zero attached hydrogens (tertiary/aromatic N) is 3. The van der Waals surface area contributed by atoms with Crippen LogP contribution in [0.2, 0.25) is 0 Å². The van der Waals surface area contributed by atoms with Gasteiger partial charge in [-0.25, -0.2) is 4.79 Å². The predicted octanol–water partition coefficient (Wildman–Crippen LogP) is 2.79. The van der Waals surface area contributed by atoms with E-state index in [0.717, 1.165) is 56.1 Å². The van der Waals surface area contributed by atoms with Crippen molar-refractivity contribution in [3.63, 3.8) is 0 Å². The van der Waals surface area contributed by atoms with Gasteiger partial charge in [-0.2, -0.15) is 0 Å². The first kappa shape index (κ1) is 22.8. The zero-order valence-electron chi connectivity index (χ0n) is 18.4. The summed E-state index contributed by atoms with van der Waals surface area (Å²) in [6, 6.07) is 7.10. The number of carbonyl (C=O) groups excluding carboxylic acids is 2. The molecule has 31 heavy (non-hydrogen) atoms. The fourth-order valence-corrected chi connectivity index (χ4v) is 3.42. The number of aromatic nitrogens is 1. The summed E-state index contributed by atoms with van der Waals surface area (Å²) < 4.78 is 10.4. The second-order valence-corrected chi connectivity index (χ2v) is 7.78. The summed E-state index contributed by atoms with van der Waals surface area (Å²) >= 11 is 0. The SMILES string of the molecule is Cc1cc(NC(=O)CN(CCCN2CCOCC2)C(=O)Nc2cccc(C)c2C)no1. The minimum Gasteiger partial charge on any atom is -0.379 e. The van der Waals surface area contributed by atoms with Gasteiger partial charge in [0, 0.05) is 37.9 Å². The van der Waals surface area contributed by atoms with E-state index in [1.165, 1.54) is 4.90 Å². The van der Waals surface area contributed by atoms with Gasteiger partial charge in [0.25, 0.3) is 0 Å². The fraction of sp³-hybridized carbons (Fsp3) is 0.500. The molecule has 1 saturated heterocycles. The smallest absolute Gasteiger partial charge is 0.322 e. The van der Waals surface area contributed by atoms with E-state index in [0.29, 0.717) is 18.1 Å². The number of hydrogen-bond acceptors (Lipinski definition) is 6. The van der Waals surface area contributed by atoms with Crippen molar-refractivity contribution < 1.29 is 18.8 Å². The van der Waals surface area contributed by atoms with Crippen LogP contribution in [-0.2, 0) is 9.53 Å². The van der Waals surface area contributed by atoms with Gasteiger partial charge >= 0.3 is 6.03 Å². The Morgan fingerprint density at radius 3 is 2.65 bits per heavy atom. The van der Waals surface area contributed by atoms with Crippen LogP contribution in [0.3, 0.4) is 0 Å². The highest BCUT2D eigenvalue weighted by molar-refractivity contribution is 5.96. The number of hydrogen-bond donors (Lipinski definition) is 2. The lowest BCUT2D eigenvalue weighted by atomic mass is 10.1. The lowest BCUT2D eigenvalue weighted by Crippen LogP contribution is -2.43. The molecule has 0 spiro atoms. The highest BCUT2D eigenvalue weighted by Crippen LogP contribution is 2.18. The molecule has 2 aromatic rings. The lowest BCUT2D eigenvalue weighted by molar-refractivity contribution is -0.116. The van der Waals surface area contributed by atoms with Gasteiger partial charge in [0.2, 0.25) is 5.91 Å². The van der Waals surface area contributed by atoms with E-state index in [-0.39, 0.29) is 18.5 Å². The van der Waals surface area contributed by atoms with E-state index >= 15 is 0 Å². The van der Waals surface area contributed by atoms with Crippen LogP contribution in [0.5, 0.6) is 0 Å². The zero-order chi connectivity index (χ0) is 22.2. The third kappa shape index (κ3) is 6.80. The fourth-order valence-electron chi connectivity index (χ4n) is 3.42. The first-order chi connectivity index (χ1) is 14.9. The molecule has 1 aliphatic heterocycles. The minimum absolute atomic E-state index is 0.0777. The van der Waals surface area contributed by atoms with Crippen molar-refractivity contribution in [2.75, 3.05) is 56.6 Å². The third-order valence-electron chi connectivity index (χ3n) is 5.37. The highest BCUT2D eigenvalue weighted by Gasteiger charge is 2.20. The van der Waals surface area contributed by atoms with Crippen molar-refractivity contribution in [2.45, 2.75) is 27.2 Å². The number of nitrogens with one attached hydrogen (secondary N) is 2. The molecule has 168 valence electrons. The molecule has 0 bridgehead atoms. The van der Waals surface area contributed by atoms with Crippen LogP contribution < -0.4 is 10.6 Å². The second-order valence-electron chi connectivity index (χ2n) is 7.78. The monoisotopic (exact) mass is 429 g/mol. The zero-order valence-corrected chi connectivity index (χ0v) is 18.4. The van der Waals surface area contributed by atoms with Crippen LogP contribution in [0.4, 0.5) is 16.3 Å². The Labute approximate surface area is 182 Å². The molecule has 0 radical (unpaired) electrons. The number of amides is 3. The topological polar surface area (TPSA) is 99.9 Å². The molecule has 9 nitrogen and oxygen atoms in total. The van der Waals surface area contributed by atoms with Crippen LogP contribution in [0.25, 0.3) is 0 Å². The van der Waals surface area contributed by atoms with Gasteiger partial charge in [0.05, 0.1) is 13.2 Å². The Balaban J connectivity index is 1.62. The van der Waals surface area contributed by atoms with Gasteiger partial charge in [0.1, 0.15) is 12.3 Å². The number of aryl methyl sites for hydroxylation is 2. The van der Waals surface area contributed by atoms with Crippen molar-refractivity contribution in [3.8, 4) is 0 Å². The molecule has 2 N–H and O–H groups in total. The summed E-state index contributed by atoms with van der Waals surface area (Å²) in [6.07, 6.45) is 0.760. The molecule has 1 aromatic carbocycles. The number of anilines is 2. The Bertz CT molecular complexity index is 892. The van der Waals surface area contributed by atoms with Crippen LogP contribution in [0, 0.1) is 20.8 Å². The van der Waals surface area contributed by atoms with E-state index in [1.807, 2.05) is 32.0 Å². The quantitative estimate of drug-likeness (QED) is 0.669. The van der Waals surface area contributed by atoms with E-state index < -0.39 is 0 Å². The molecule has 0 aliphatic carbocycles. The largest absolute Gasteiger partial charge is 0.379 e. The van der Waals surface area contributed by atoms with Gasteiger partial charge in [-0.05, 0) is 44.4 Å². The molecule has 1 fully saturated rings. The maximum absolute atomic E-state index is 13.0. The molecule has 1 aromatic heterocycles. The number of rotatable bonds is 8. The van der Waals surface area contributed by atoms with Crippen LogP contribution >= 0.6 is 0 Å². The van der Waals surface area contributed by atoms with Crippen LogP contribution in [-0.4, -0.2) is 72.8 Å². The summed E-state index contributed by atoms with van der Waals surface area (Å²) in [5.41, 5.74) is 2.85. The molecule has 1 aliphatic rings. The van der Waals surface area contributed by atoms with Gasteiger partial charge in [-0.1, -0.05) is 17.3 Å². The summed E-state index contributed by atoms with van der Waals surface area (Å²) in [4.78, 5) is 29.4. The molecule has 0 saturated carbocycles. The van der Waals surface area contributed by atoms with Crippen LogP contribution in [0.1, 0.15) is 23.3 Å². The molecular formula is C22H31N5O4. The van der Waals surface area contributed by atoms with E-state index in [9.17, 15) is 9.59 Å². The highest BCUT2D eigenvalue weighted by atomic mass is 16.5. The van der Waals surface area contributed by atoms with Crippen LogP contribution in [0.15, 0.2) is 28.8 Å². The molecular weight excluding hydrogens is 398 g/mol. The number of urea groups is 1. The Kier molecular flexibility index (Phi) is 8.02. The molecule has 0 atom stereocenters. The second kappa shape index (κ2) is 10.9. The maximum atomic E-state index is 13.0. The van der Waals surface area contributed by atoms with Crippen molar-refractivity contribution >= 4 is 23.4 Å². The third-order valence-corrected chi connectivity index (χ3v) is 5.37. The Morgan fingerprint density at radius 2 is 1.94 bits per heavy atom. The summed E-state index contributed by atoms with van der Waals surface area (Å²) in [5, 5.41) is 9.41. The standard InChI is InChI=1S/C22H31N5O4/c1-16-6-4-7-19(18(16)3)23-22(29)27(9-5-8-26-10-12-30-13-11-26)15-21(28)24-20-14-17(2)31-25-20/h4,6-7,14H,5,8-13,15H2,1-3H3,(H,23,29)(H,24,25,28). The van der Waals surface area contributed by atoms with Gasteiger partial charge in [-0.15, -0.1) is 0 Å². The Hall–Kier alpha value is -2.91. The summed E-state index contributed by atoms with van der Waals surface area (Å²) in [7, 11) is 0. The van der Waals surface area contributed by atoms with E-state index in [4.69, 9.17) is 9.26 Å². The average molecular weight is 430 g/mol. The maximum Gasteiger partial charge on any atom is 0.322 e. The first-order valence-corrected chi connectivity index (χ1v) is 10.6. The normalized spacial score (nSPS) is 14.3. The number of morpholine rings is 1. The van der Waals surface area contributed by atoms with E-state index in [2.05, 4.69) is 20.7 Å². The summed E-state index contributed by atoms with van der Waals surface area (Å²) in [6.45, 7) is 10.2. The molecule has 3 amide bonds. The van der Waals surface area contributed by atoms with Gasteiger partial charge < -0.3 is 24.8 Å². The van der Waals surface area contributed by atoms with Crippen molar-refractivity contribution in [3.05, 3.63) is 41.2 Å². The number of carbonyl (C=O) groups is 2. The van der Waals surface area contributed by atoms with Crippen molar-refractivity contribution in [1.29, 1.82) is 0 Å². The van der Waals surface area contributed by atoms with Gasteiger partial charge in [0.15, 0.2) is 5.82 Å². The van der Waals surface area contributed by atoms with Gasteiger partial charge in [-0.3, -0.25) is 9.69 Å². The number of benzene rings is 1.